The number of nitrogens with one attached hydrogen (secondary N) is 1. The van der Waals surface area contributed by atoms with Gasteiger partial charge in [0.15, 0.2) is 11.5 Å². The van der Waals surface area contributed by atoms with Crippen molar-refractivity contribution >= 4 is 33.5 Å². The van der Waals surface area contributed by atoms with Crippen LogP contribution in [0.25, 0.3) is 0 Å². The van der Waals surface area contributed by atoms with Crippen molar-refractivity contribution in [2.24, 2.45) is 5.10 Å². The van der Waals surface area contributed by atoms with Gasteiger partial charge in [-0.1, -0.05) is 30.3 Å². The number of hydrogen-bond donors (Lipinski definition) is 1. The molecule has 8 nitrogen and oxygen atoms in total. The van der Waals surface area contributed by atoms with Crippen LogP contribution in [-0.4, -0.2) is 45.6 Å². The van der Waals surface area contributed by atoms with Gasteiger partial charge in [-0.3, -0.25) is 4.79 Å². The van der Waals surface area contributed by atoms with E-state index in [2.05, 4.69) is 10.5 Å². The van der Waals surface area contributed by atoms with Crippen molar-refractivity contribution in [3.05, 3.63) is 76.0 Å². The van der Waals surface area contributed by atoms with E-state index < -0.39 is 22.5 Å². The summed E-state index contributed by atoms with van der Waals surface area (Å²) >= 11 is 1.50. The molecule has 0 bridgehead atoms. The minimum atomic E-state index is -4.04. The van der Waals surface area contributed by atoms with Crippen molar-refractivity contribution in [3.63, 3.8) is 0 Å². The third-order valence-corrected chi connectivity index (χ3v) is 7.53. The highest BCUT2D eigenvalue weighted by Gasteiger charge is 2.28. The van der Waals surface area contributed by atoms with E-state index in [9.17, 15) is 13.2 Å². The summed E-state index contributed by atoms with van der Waals surface area (Å²) in [7, 11) is -1.14. The molecule has 0 unspecified atom stereocenters. The van der Waals surface area contributed by atoms with Gasteiger partial charge in [-0.05, 0) is 41.6 Å². The molecule has 0 aliphatic rings. The van der Waals surface area contributed by atoms with E-state index in [4.69, 9.17) is 9.47 Å². The Balaban J connectivity index is 1.85. The summed E-state index contributed by atoms with van der Waals surface area (Å²) in [4.78, 5) is 13.5. The number of amides is 1. The van der Waals surface area contributed by atoms with Crippen molar-refractivity contribution in [2.75, 3.05) is 20.8 Å². The molecule has 1 N–H and O–H groups in total. The highest BCUT2D eigenvalue weighted by atomic mass is 32.2. The molecule has 0 atom stereocenters. The normalized spacial score (nSPS) is 11.6. The number of aryl methyl sites for hydroxylation is 1. The number of rotatable bonds is 10. The third kappa shape index (κ3) is 6.19. The first-order valence-corrected chi connectivity index (χ1v) is 12.3. The molecule has 0 aliphatic carbocycles. The Morgan fingerprint density at radius 1 is 1.09 bits per heavy atom. The number of nitrogens with zero attached hydrogens (tertiary/aromatic N) is 2. The summed E-state index contributed by atoms with van der Waals surface area (Å²) in [6, 6.07) is 15.3. The van der Waals surface area contributed by atoms with E-state index >= 15 is 0 Å². The molecule has 0 saturated heterocycles. The molecular formula is C23H25N3O5S2. The smallest absolute Gasteiger partial charge is 0.255 e. The molecular weight excluding hydrogens is 462 g/mol. The van der Waals surface area contributed by atoms with Crippen molar-refractivity contribution in [1.82, 2.24) is 9.73 Å². The zero-order valence-corrected chi connectivity index (χ0v) is 20.2. The number of sulfonamides is 1. The second-order valence-corrected chi connectivity index (χ2v) is 9.92. The van der Waals surface area contributed by atoms with Gasteiger partial charge in [0, 0.05) is 17.5 Å². The molecule has 0 aliphatic heterocycles. The molecule has 0 radical (unpaired) electrons. The second kappa shape index (κ2) is 11.1. The minimum Gasteiger partial charge on any atom is -0.493 e. The highest BCUT2D eigenvalue weighted by molar-refractivity contribution is 7.89. The Hall–Kier alpha value is -3.21. The Kier molecular flexibility index (Phi) is 8.21. The number of carbonyl (C=O) groups is 1. The molecule has 2 aromatic carbocycles. The first kappa shape index (κ1) is 24.4. The zero-order valence-electron chi connectivity index (χ0n) is 18.5. The Labute approximate surface area is 197 Å². The van der Waals surface area contributed by atoms with Gasteiger partial charge in [-0.15, -0.1) is 11.3 Å². The van der Waals surface area contributed by atoms with Gasteiger partial charge in [0.25, 0.3) is 5.91 Å². The lowest BCUT2D eigenvalue weighted by Gasteiger charge is -2.22. The average Bonchev–Trinajstić information content (AvgIpc) is 3.23. The van der Waals surface area contributed by atoms with Gasteiger partial charge in [0.2, 0.25) is 10.0 Å². The number of carbonyl (C=O) groups excluding carboxylic acids is 1. The largest absolute Gasteiger partial charge is 0.493 e. The molecule has 10 heteroatoms. The van der Waals surface area contributed by atoms with Crippen LogP contribution in [0.15, 0.2) is 70.0 Å². The second-order valence-electron chi connectivity index (χ2n) is 7.04. The van der Waals surface area contributed by atoms with Crippen molar-refractivity contribution in [3.8, 4) is 11.5 Å². The van der Waals surface area contributed by atoms with Crippen LogP contribution in [0.5, 0.6) is 11.5 Å². The lowest BCUT2D eigenvalue weighted by Crippen LogP contribution is -2.39. The maximum absolute atomic E-state index is 13.5. The van der Waals surface area contributed by atoms with Gasteiger partial charge in [0.1, 0.15) is 0 Å². The van der Waals surface area contributed by atoms with Gasteiger partial charge >= 0.3 is 0 Å². The van der Waals surface area contributed by atoms with Crippen molar-refractivity contribution in [2.45, 2.75) is 18.4 Å². The Morgan fingerprint density at radius 3 is 2.45 bits per heavy atom. The summed E-state index contributed by atoms with van der Waals surface area (Å²) in [5.74, 6) is 0.126. The van der Waals surface area contributed by atoms with E-state index in [-0.39, 0.29) is 17.2 Å². The van der Waals surface area contributed by atoms with E-state index in [0.717, 1.165) is 20.3 Å². The fourth-order valence-corrected chi connectivity index (χ4v) is 5.20. The van der Waals surface area contributed by atoms with Crippen LogP contribution < -0.4 is 14.9 Å². The first-order chi connectivity index (χ1) is 15.8. The van der Waals surface area contributed by atoms with Gasteiger partial charge < -0.3 is 9.47 Å². The fraction of sp³-hybridized carbons (Fsp3) is 0.217. The maximum Gasteiger partial charge on any atom is 0.255 e. The number of benzene rings is 2. The number of thiophene rings is 1. The monoisotopic (exact) mass is 487 g/mol. The molecule has 3 rings (SSSR count). The van der Waals surface area contributed by atoms with Crippen LogP contribution in [0.2, 0.25) is 0 Å². The maximum atomic E-state index is 13.5. The average molecular weight is 488 g/mol. The van der Waals surface area contributed by atoms with Gasteiger partial charge in [-0.2, -0.15) is 9.41 Å². The van der Waals surface area contributed by atoms with Crippen molar-refractivity contribution in [1.29, 1.82) is 0 Å². The highest BCUT2D eigenvalue weighted by Crippen LogP contribution is 2.31. The molecule has 1 amide bonds. The minimum absolute atomic E-state index is 0.0124. The molecule has 0 spiro atoms. The predicted molar refractivity (Wildman–Crippen MR) is 128 cm³/mol. The lowest BCUT2D eigenvalue weighted by atomic mass is 10.2. The SMILES string of the molecule is COc1ccc(S(=O)(=O)N(CC(=O)N/N=C\c2sccc2C)Cc2ccccc2)cc1OC. The number of hydrazone groups is 1. The lowest BCUT2D eigenvalue weighted by molar-refractivity contribution is -0.121. The molecule has 1 aromatic heterocycles. The number of hydrogen-bond acceptors (Lipinski definition) is 7. The fourth-order valence-electron chi connectivity index (χ4n) is 3.01. The van der Waals surface area contributed by atoms with Crippen LogP contribution >= 0.6 is 11.3 Å². The summed E-state index contributed by atoms with van der Waals surface area (Å²) in [5.41, 5.74) is 4.20. The molecule has 174 valence electrons. The molecule has 0 saturated carbocycles. The van der Waals surface area contributed by atoms with Crippen LogP contribution in [0, 0.1) is 6.92 Å². The van der Waals surface area contributed by atoms with Crippen LogP contribution in [0.3, 0.4) is 0 Å². The predicted octanol–water partition coefficient (Wildman–Crippen LogP) is 3.41. The van der Waals surface area contributed by atoms with E-state index in [1.54, 1.807) is 18.3 Å². The molecule has 1 heterocycles. The van der Waals surface area contributed by atoms with Gasteiger partial charge in [-0.25, -0.2) is 13.8 Å². The zero-order chi connectivity index (χ0) is 23.8. The van der Waals surface area contributed by atoms with Crippen molar-refractivity contribution < 1.29 is 22.7 Å². The van der Waals surface area contributed by atoms with E-state index in [1.807, 2.05) is 36.6 Å². The quantitative estimate of drug-likeness (QED) is 0.349. The van der Waals surface area contributed by atoms with E-state index in [0.29, 0.717) is 5.75 Å². The Morgan fingerprint density at radius 2 is 1.82 bits per heavy atom. The van der Waals surface area contributed by atoms with Crippen LogP contribution in [0.4, 0.5) is 0 Å². The third-order valence-electron chi connectivity index (χ3n) is 4.79. The standard InChI is InChI=1S/C23H25N3O5S2/c1-17-11-12-32-22(17)14-24-25-23(27)16-26(15-18-7-5-4-6-8-18)33(28,29)19-9-10-20(30-2)21(13-19)31-3/h4-14H,15-16H2,1-3H3,(H,25,27)/b24-14-. The topological polar surface area (TPSA) is 97.3 Å². The molecule has 0 fully saturated rings. The number of methoxy groups -OCH3 is 2. The summed E-state index contributed by atoms with van der Waals surface area (Å²) in [6.45, 7) is 1.54. The summed E-state index contributed by atoms with van der Waals surface area (Å²) < 4.78 is 38.5. The summed E-state index contributed by atoms with van der Waals surface area (Å²) in [6.07, 6.45) is 1.54. The van der Waals surface area contributed by atoms with Gasteiger partial charge in [0.05, 0.1) is 31.9 Å². The first-order valence-electron chi connectivity index (χ1n) is 9.97. The Bertz CT molecular complexity index is 1220. The van der Waals surface area contributed by atoms with E-state index in [1.165, 1.54) is 43.8 Å². The summed E-state index contributed by atoms with van der Waals surface area (Å²) in [5, 5.41) is 5.89. The van der Waals surface area contributed by atoms with Crippen LogP contribution in [-0.2, 0) is 21.4 Å². The molecule has 33 heavy (non-hydrogen) atoms. The molecule has 3 aromatic rings. The van der Waals surface area contributed by atoms with Crippen LogP contribution in [0.1, 0.15) is 16.0 Å². The number of ether oxygens (including phenoxy) is 2.